The summed E-state index contributed by atoms with van der Waals surface area (Å²) in [7, 11) is 0. The fraction of sp³-hybridized carbons (Fsp3) is 0.267. The first-order valence-corrected chi connectivity index (χ1v) is 6.43. The van der Waals surface area contributed by atoms with E-state index in [-0.39, 0.29) is 5.41 Å². The standard InChI is InChI=1S/C15H17ClN2O/c1-15(2,3)10-4-7-14(18-9-10)19-13-6-5-11(16)8-12(13)17/h4-9H,17H2,1-3H3. The summed E-state index contributed by atoms with van der Waals surface area (Å²) < 4.78 is 5.64. The molecule has 1 aromatic heterocycles. The summed E-state index contributed by atoms with van der Waals surface area (Å²) in [6.45, 7) is 6.42. The van der Waals surface area contributed by atoms with E-state index in [4.69, 9.17) is 22.1 Å². The Balaban J connectivity index is 2.20. The molecule has 2 aromatic rings. The van der Waals surface area contributed by atoms with Gasteiger partial charge in [0.2, 0.25) is 5.88 Å². The van der Waals surface area contributed by atoms with Gasteiger partial charge in [-0.25, -0.2) is 4.98 Å². The first-order chi connectivity index (χ1) is 8.86. The zero-order valence-electron chi connectivity index (χ0n) is 11.3. The van der Waals surface area contributed by atoms with Gasteiger partial charge in [-0.3, -0.25) is 0 Å². The van der Waals surface area contributed by atoms with Crippen LogP contribution in [0.5, 0.6) is 11.6 Å². The Morgan fingerprint density at radius 1 is 1.16 bits per heavy atom. The van der Waals surface area contributed by atoms with Gasteiger partial charge in [0.15, 0.2) is 5.75 Å². The molecule has 0 aliphatic heterocycles. The van der Waals surface area contributed by atoms with E-state index in [0.29, 0.717) is 22.3 Å². The molecule has 0 aliphatic carbocycles. The van der Waals surface area contributed by atoms with Gasteiger partial charge in [0.1, 0.15) is 0 Å². The SMILES string of the molecule is CC(C)(C)c1ccc(Oc2ccc(Cl)cc2N)nc1. The number of aromatic nitrogens is 1. The summed E-state index contributed by atoms with van der Waals surface area (Å²) in [4.78, 5) is 4.29. The topological polar surface area (TPSA) is 48.1 Å². The molecule has 0 fully saturated rings. The van der Waals surface area contributed by atoms with E-state index in [9.17, 15) is 0 Å². The highest BCUT2D eigenvalue weighted by Crippen LogP contribution is 2.29. The highest BCUT2D eigenvalue weighted by atomic mass is 35.5. The highest BCUT2D eigenvalue weighted by molar-refractivity contribution is 6.30. The molecule has 1 aromatic carbocycles. The molecule has 0 atom stereocenters. The molecule has 1 heterocycles. The monoisotopic (exact) mass is 276 g/mol. The largest absolute Gasteiger partial charge is 0.437 e. The van der Waals surface area contributed by atoms with Crippen molar-refractivity contribution in [1.29, 1.82) is 0 Å². The second kappa shape index (κ2) is 5.10. The van der Waals surface area contributed by atoms with Crippen LogP contribution in [0, 0.1) is 0 Å². The van der Waals surface area contributed by atoms with Crippen LogP contribution >= 0.6 is 11.6 Å². The molecule has 2 N–H and O–H groups in total. The summed E-state index contributed by atoms with van der Waals surface area (Å²) in [6.07, 6.45) is 1.82. The van der Waals surface area contributed by atoms with Gasteiger partial charge in [0.05, 0.1) is 5.69 Å². The second-order valence-electron chi connectivity index (χ2n) is 5.42. The Morgan fingerprint density at radius 3 is 2.42 bits per heavy atom. The van der Waals surface area contributed by atoms with Crippen LogP contribution in [0.25, 0.3) is 0 Å². The molecule has 19 heavy (non-hydrogen) atoms. The van der Waals surface area contributed by atoms with Crippen LogP contribution in [0.15, 0.2) is 36.5 Å². The molecule has 0 aliphatic rings. The number of benzene rings is 1. The number of hydrogen-bond acceptors (Lipinski definition) is 3. The van der Waals surface area contributed by atoms with E-state index >= 15 is 0 Å². The Kier molecular flexibility index (Phi) is 3.67. The maximum absolute atomic E-state index is 5.84. The Bertz CT molecular complexity index is 574. The van der Waals surface area contributed by atoms with E-state index in [1.807, 2.05) is 18.3 Å². The predicted molar refractivity (Wildman–Crippen MR) is 78.9 cm³/mol. The Hall–Kier alpha value is -1.74. The van der Waals surface area contributed by atoms with Crippen molar-refractivity contribution in [2.75, 3.05) is 5.73 Å². The van der Waals surface area contributed by atoms with Gasteiger partial charge in [-0.05, 0) is 29.2 Å². The van der Waals surface area contributed by atoms with Crippen LogP contribution in [-0.2, 0) is 5.41 Å². The van der Waals surface area contributed by atoms with Gasteiger partial charge in [-0.1, -0.05) is 38.4 Å². The molecule has 2 rings (SSSR count). The van der Waals surface area contributed by atoms with Crippen LogP contribution in [0.1, 0.15) is 26.3 Å². The normalized spacial score (nSPS) is 11.4. The van der Waals surface area contributed by atoms with Gasteiger partial charge in [0, 0.05) is 17.3 Å². The van der Waals surface area contributed by atoms with E-state index in [2.05, 4.69) is 25.8 Å². The Morgan fingerprint density at radius 2 is 1.89 bits per heavy atom. The summed E-state index contributed by atoms with van der Waals surface area (Å²) in [6, 6.07) is 8.97. The summed E-state index contributed by atoms with van der Waals surface area (Å²) in [5.74, 6) is 1.07. The van der Waals surface area contributed by atoms with E-state index in [0.717, 1.165) is 5.56 Å². The summed E-state index contributed by atoms with van der Waals surface area (Å²) in [5.41, 5.74) is 7.56. The molecule has 0 bridgehead atoms. The van der Waals surface area contributed by atoms with Crippen molar-refractivity contribution >= 4 is 17.3 Å². The lowest BCUT2D eigenvalue weighted by molar-refractivity contribution is 0.463. The summed E-state index contributed by atoms with van der Waals surface area (Å²) in [5, 5.41) is 0.584. The minimum absolute atomic E-state index is 0.0742. The second-order valence-corrected chi connectivity index (χ2v) is 5.86. The third-order valence-electron chi connectivity index (χ3n) is 2.79. The number of rotatable bonds is 2. The van der Waals surface area contributed by atoms with Crippen molar-refractivity contribution in [2.45, 2.75) is 26.2 Å². The van der Waals surface area contributed by atoms with Crippen molar-refractivity contribution < 1.29 is 4.74 Å². The lowest BCUT2D eigenvalue weighted by Crippen LogP contribution is -2.11. The van der Waals surface area contributed by atoms with E-state index < -0.39 is 0 Å². The van der Waals surface area contributed by atoms with Crippen LogP contribution in [0.2, 0.25) is 5.02 Å². The average Bonchev–Trinajstić information content (AvgIpc) is 2.32. The van der Waals surface area contributed by atoms with Gasteiger partial charge in [0.25, 0.3) is 0 Å². The minimum Gasteiger partial charge on any atom is -0.437 e. The molecule has 3 nitrogen and oxygen atoms in total. The number of nitrogens with two attached hydrogens (primary N) is 1. The fourth-order valence-electron chi connectivity index (χ4n) is 1.61. The number of halogens is 1. The third-order valence-corrected chi connectivity index (χ3v) is 3.02. The number of nitrogens with zero attached hydrogens (tertiary/aromatic N) is 1. The number of hydrogen-bond donors (Lipinski definition) is 1. The quantitative estimate of drug-likeness (QED) is 0.827. The molecule has 0 amide bonds. The van der Waals surface area contributed by atoms with E-state index in [1.54, 1.807) is 18.2 Å². The van der Waals surface area contributed by atoms with Crippen molar-refractivity contribution in [3.63, 3.8) is 0 Å². The van der Waals surface area contributed by atoms with Crippen LogP contribution in [0.3, 0.4) is 0 Å². The average molecular weight is 277 g/mol. The fourth-order valence-corrected chi connectivity index (χ4v) is 1.79. The van der Waals surface area contributed by atoms with Crippen molar-refractivity contribution in [2.24, 2.45) is 0 Å². The predicted octanol–water partition coefficient (Wildman–Crippen LogP) is 4.41. The number of ether oxygens (including phenoxy) is 1. The van der Waals surface area contributed by atoms with Crippen molar-refractivity contribution in [3.05, 3.63) is 47.1 Å². The maximum atomic E-state index is 5.84. The first-order valence-electron chi connectivity index (χ1n) is 6.06. The zero-order chi connectivity index (χ0) is 14.0. The molecule has 0 saturated heterocycles. The molecular formula is C15H17ClN2O. The zero-order valence-corrected chi connectivity index (χ0v) is 12.0. The number of nitrogen functional groups attached to an aromatic ring is 1. The van der Waals surface area contributed by atoms with Crippen LogP contribution < -0.4 is 10.5 Å². The number of anilines is 1. The molecule has 0 spiro atoms. The lowest BCUT2D eigenvalue weighted by atomic mass is 9.88. The van der Waals surface area contributed by atoms with Gasteiger partial charge >= 0.3 is 0 Å². The molecule has 0 radical (unpaired) electrons. The first kappa shape index (κ1) is 13.7. The summed E-state index contributed by atoms with van der Waals surface area (Å²) >= 11 is 5.84. The van der Waals surface area contributed by atoms with Crippen molar-refractivity contribution in [3.8, 4) is 11.6 Å². The maximum Gasteiger partial charge on any atom is 0.219 e. The van der Waals surface area contributed by atoms with Crippen molar-refractivity contribution in [1.82, 2.24) is 4.98 Å². The third kappa shape index (κ3) is 3.38. The molecule has 100 valence electrons. The van der Waals surface area contributed by atoms with Gasteiger partial charge in [-0.15, -0.1) is 0 Å². The van der Waals surface area contributed by atoms with Gasteiger partial charge in [-0.2, -0.15) is 0 Å². The number of pyridine rings is 1. The highest BCUT2D eigenvalue weighted by Gasteiger charge is 2.14. The van der Waals surface area contributed by atoms with Gasteiger partial charge < -0.3 is 10.5 Å². The molecule has 0 unspecified atom stereocenters. The molecule has 0 saturated carbocycles. The molecular weight excluding hydrogens is 260 g/mol. The smallest absolute Gasteiger partial charge is 0.219 e. The lowest BCUT2D eigenvalue weighted by Gasteiger charge is -2.18. The molecule has 4 heteroatoms. The Labute approximate surface area is 118 Å². The van der Waals surface area contributed by atoms with E-state index in [1.165, 1.54) is 0 Å². The minimum atomic E-state index is 0.0742. The van der Waals surface area contributed by atoms with Crippen LogP contribution in [0.4, 0.5) is 5.69 Å². The van der Waals surface area contributed by atoms with Crippen LogP contribution in [-0.4, -0.2) is 4.98 Å².